The van der Waals surface area contributed by atoms with E-state index in [1.807, 2.05) is 26.6 Å². The molecular weight excluding hydrogens is 236 g/mol. The smallest absolute Gasteiger partial charge is 0.0948 e. The maximum absolute atomic E-state index is 4.21. The molecule has 0 bridgehead atoms. The predicted molar refractivity (Wildman–Crippen MR) is 80.6 cm³/mol. The number of imidazole rings is 1. The van der Waals surface area contributed by atoms with Crippen LogP contribution in [0.25, 0.3) is 0 Å². The van der Waals surface area contributed by atoms with Crippen molar-refractivity contribution in [3.8, 4) is 0 Å². The lowest BCUT2D eigenvalue weighted by Gasteiger charge is -2.13. The van der Waals surface area contributed by atoms with Gasteiger partial charge in [0.2, 0.25) is 0 Å². The fourth-order valence-electron chi connectivity index (χ4n) is 2.01. The molecule has 1 aromatic carbocycles. The number of nitrogens with one attached hydrogen (secondary N) is 1. The van der Waals surface area contributed by atoms with E-state index < -0.39 is 0 Å². The van der Waals surface area contributed by atoms with Crippen molar-refractivity contribution in [1.82, 2.24) is 9.55 Å². The van der Waals surface area contributed by atoms with E-state index in [-0.39, 0.29) is 0 Å². The summed E-state index contributed by atoms with van der Waals surface area (Å²) in [5.41, 5.74) is 3.56. The Balaban J connectivity index is 1.96. The van der Waals surface area contributed by atoms with Crippen molar-refractivity contribution in [2.24, 2.45) is 0 Å². The second-order valence-electron chi connectivity index (χ2n) is 4.87. The molecule has 2 rings (SSSR count). The molecule has 0 saturated carbocycles. The highest BCUT2D eigenvalue weighted by Gasteiger charge is 2.01. The van der Waals surface area contributed by atoms with E-state index in [2.05, 4.69) is 51.0 Å². The number of aryl methyl sites for hydroxylation is 1. The summed E-state index contributed by atoms with van der Waals surface area (Å²) in [6.45, 7) is 4.01. The van der Waals surface area contributed by atoms with E-state index in [0.717, 1.165) is 25.2 Å². The molecule has 1 heterocycles. The summed E-state index contributed by atoms with van der Waals surface area (Å²) in [5.74, 6) is 0. The highest BCUT2D eigenvalue weighted by Crippen LogP contribution is 2.16. The Morgan fingerprint density at radius 2 is 1.95 bits per heavy atom. The fraction of sp³-hybridized carbons (Fsp3) is 0.400. The third-order valence-corrected chi connectivity index (χ3v) is 3.12. The maximum atomic E-state index is 4.21. The summed E-state index contributed by atoms with van der Waals surface area (Å²) in [4.78, 5) is 6.30. The van der Waals surface area contributed by atoms with E-state index in [1.54, 1.807) is 0 Å². The minimum Gasteiger partial charge on any atom is -0.379 e. The van der Waals surface area contributed by atoms with Crippen molar-refractivity contribution >= 4 is 11.4 Å². The van der Waals surface area contributed by atoms with Gasteiger partial charge in [-0.1, -0.05) is 6.92 Å². The van der Waals surface area contributed by atoms with Gasteiger partial charge in [0.25, 0.3) is 0 Å². The summed E-state index contributed by atoms with van der Waals surface area (Å²) in [5, 5.41) is 3.43. The summed E-state index contributed by atoms with van der Waals surface area (Å²) < 4.78 is 2.20. The van der Waals surface area contributed by atoms with Crippen LogP contribution in [0.15, 0.2) is 36.8 Å². The van der Waals surface area contributed by atoms with E-state index in [1.165, 1.54) is 11.4 Å². The van der Waals surface area contributed by atoms with Crippen LogP contribution in [0.1, 0.15) is 19.0 Å². The Labute approximate surface area is 115 Å². The van der Waals surface area contributed by atoms with Crippen LogP contribution < -0.4 is 10.2 Å². The number of anilines is 2. The summed E-state index contributed by atoms with van der Waals surface area (Å²) in [7, 11) is 4.09. The molecule has 0 atom stereocenters. The Morgan fingerprint density at radius 3 is 2.58 bits per heavy atom. The molecule has 102 valence electrons. The molecule has 0 saturated heterocycles. The normalized spacial score (nSPS) is 10.5. The molecule has 0 unspecified atom stereocenters. The van der Waals surface area contributed by atoms with Crippen LogP contribution in [-0.2, 0) is 13.1 Å². The molecule has 1 N–H and O–H groups in total. The number of hydrogen-bond donors (Lipinski definition) is 1. The Morgan fingerprint density at radius 1 is 1.21 bits per heavy atom. The van der Waals surface area contributed by atoms with Gasteiger partial charge in [-0.25, -0.2) is 4.98 Å². The van der Waals surface area contributed by atoms with Gasteiger partial charge in [-0.3, -0.25) is 0 Å². The molecule has 0 spiro atoms. The van der Waals surface area contributed by atoms with Crippen LogP contribution in [-0.4, -0.2) is 23.6 Å². The average Bonchev–Trinajstić information content (AvgIpc) is 2.85. The monoisotopic (exact) mass is 258 g/mol. The molecule has 0 radical (unpaired) electrons. The third-order valence-electron chi connectivity index (χ3n) is 3.12. The molecule has 19 heavy (non-hydrogen) atoms. The lowest BCUT2D eigenvalue weighted by Crippen LogP contribution is -2.09. The zero-order valence-corrected chi connectivity index (χ0v) is 11.9. The lowest BCUT2D eigenvalue weighted by molar-refractivity contribution is 0.651. The first-order valence-corrected chi connectivity index (χ1v) is 6.71. The van der Waals surface area contributed by atoms with Crippen LogP contribution in [0.2, 0.25) is 0 Å². The first-order valence-electron chi connectivity index (χ1n) is 6.71. The quantitative estimate of drug-likeness (QED) is 0.864. The van der Waals surface area contributed by atoms with Crippen molar-refractivity contribution in [3.05, 3.63) is 42.5 Å². The van der Waals surface area contributed by atoms with Crippen molar-refractivity contribution in [1.29, 1.82) is 0 Å². The number of nitrogens with zero attached hydrogens (tertiary/aromatic N) is 3. The van der Waals surface area contributed by atoms with E-state index in [0.29, 0.717) is 0 Å². The van der Waals surface area contributed by atoms with Gasteiger partial charge in [0.15, 0.2) is 0 Å². The van der Waals surface area contributed by atoms with Gasteiger partial charge in [-0.05, 0) is 30.7 Å². The number of rotatable bonds is 6. The molecule has 0 fully saturated rings. The van der Waals surface area contributed by atoms with Crippen molar-refractivity contribution in [2.45, 2.75) is 26.4 Å². The average molecular weight is 258 g/mol. The van der Waals surface area contributed by atoms with Gasteiger partial charge in [-0.2, -0.15) is 0 Å². The van der Waals surface area contributed by atoms with Crippen molar-refractivity contribution < 1.29 is 0 Å². The van der Waals surface area contributed by atoms with Crippen LogP contribution in [0, 0.1) is 0 Å². The van der Waals surface area contributed by atoms with Gasteiger partial charge < -0.3 is 14.8 Å². The second kappa shape index (κ2) is 6.27. The van der Waals surface area contributed by atoms with Gasteiger partial charge in [0, 0.05) is 38.2 Å². The highest BCUT2D eigenvalue weighted by atomic mass is 15.1. The molecular formula is C15H22N4. The number of hydrogen-bond acceptors (Lipinski definition) is 3. The van der Waals surface area contributed by atoms with E-state index in [9.17, 15) is 0 Å². The molecule has 0 amide bonds. The zero-order valence-electron chi connectivity index (χ0n) is 11.9. The van der Waals surface area contributed by atoms with Crippen molar-refractivity contribution in [3.63, 3.8) is 0 Å². The van der Waals surface area contributed by atoms with Gasteiger partial charge in [0.05, 0.1) is 18.6 Å². The van der Waals surface area contributed by atoms with Crippen LogP contribution in [0.3, 0.4) is 0 Å². The Hall–Kier alpha value is -1.97. The minimum absolute atomic E-state index is 0.807. The molecule has 2 aromatic rings. The maximum Gasteiger partial charge on any atom is 0.0948 e. The number of aromatic nitrogens is 2. The molecule has 4 nitrogen and oxygen atoms in total. The molecule has 0 aliphatic heterocycles. The van der Waals surface area contributed by atoms with Crippen molar-refractivity contribution in [2.75, 3.05) is 24.3 Å². The fourth-order valence-corrected chi connectivity index (χ4v) is 2.01. The first kappa shape index (κ1) is 13.5. The van der Waals surface area contributed by atoms with E-state index >= 15 is 0 Å². The topological polar surface area (TPSA) is 33.1 Å². The summed E-state index contributed by atoms with van der Waals surface area (Å²) in [6.07, 6.45) is 4.95. The summed E-state index contributed by atoms with van der Waals surface area (Å²) in [6, 6.07) is 8.45. The van der Waals surface area contributed by atoms with Gasteiger partial charge >= 0.3 is 0 Å². The van der Waals surface area contributed by atoms with E-state index in [4.69, 9.17) is 0 Å². The molecule has 0 aliphatic rings. The Bertz CT molecular complexity index is 499. The first-order chi connectivity index (χ1) is 9.20. The van der Waals surface area contributed by atoms with Crippen LogP contribution in [0.4, 0.5) is 11.4 Å². The standard InChI is InChI=1S/C15H22N4/c1-4-9-19-12-16-10-15(19)11-17-13-5-7-14(8-6-13)18(2)3/h5-8,10,12,17H,4,9,11H2,1-3H3. The minimum atomic E-state index is 0.807. The van der Waals surface area contributed by atoms with Gasteiger partial charge in [-0.15, -0.1) is 0 Å². The number of benzene rings is 1. The molecule has 1 aromatic heterocycles. The Kier molecular flexibility index (Phi) is 4.44. The SMILES string of the molecule is CCCn1cncc1CNc1ccc(N(C)C)cc1. The summed E-state index contributed by atoms with van der Waals surface area (Å²) >= 11 is 0. The highest BCUT2D eigenvalue weighted by molar-refractivity contribution is 5.54. The lowest BCUT2D eigenvalue weighted by atomic mass is 10.2. The van der Waals surface area contributed by atoms with Gasteiger partial charge in [0.1, 0.15) is 0 Å². The predicted octanol–water partition coefficient (Wildman–Crippen LogP) is 2.97. The van der Waals surface area contributed by atoms with Crippen LogP contribution in [0.5, 0.6) is 0 Å². The van der Waals surface area contributed by atoms with Crippen LogP contribution >= 0.6 is 0 Å². The molecule has 4 heteroatoms. The zero-order chi connectivity index (χ0) is 13.7. The second-order valence-corrected chi connectivity index (χ2v) is 4.87. The molecule has 0 aliphatic carbocycles. The largest absolute Gasteiger partial charge is 0.379 e. The third kappa shape index (κ3) is 3.50.